The molecule has 1 atom stereocenters. The Morgan fingerprint density at radius 2 is 2.14 bits per heavy atom. The first kappa shape index (κ1) is 11.5. The molecule has 5 nitrogen and oxygen atoms in total. The van der Waals surface area contributed by atoms with Gasteiger partial charge in [-0.25, -0.2) is 12.7 Å². The highest BCUT2D eigenvalue weighted by Crippen LogP contribution is 2.31. The number of carbonyl (C=O) groups excluding carboxylic acids is 1. The van der Waals surface area contributed by atoms with E-state index in [0.717, 1.165) is 0 Å². The largest absolute Gasteiger partial charge is 0.369 e. The Hall–Kier alpha value is -0.620. The Balaban J connectivity index is 2.81. The van der Waals surface area contributed by atoms with Gasteiger partial charge >= 0.3 is 0 Å². The van der Waals surface area contributed by atoms with Crippen LogP contribution in [0.1, 0.15) is 20.3 Å². The summed E-state index contributed by atoms with van der Waals surface area (Å²) >= 11 is 0. The van der Waals surface area contributed by atoms with Gasteiger partial charge in [-0.05, 0) is 20.3 Å². The van der Waals surface area contributed by atoms with E-state index in [-0.39, 0.29) is 12.3 Å². The summed E-state index contributed by atoms with van der Waals surface area (Å²) in [5.41, 5.74) is 4.53. The van der Waals surface area contributed by atoms with Crippen LogP contribution in [-0.2, 0) is 14.8 Å². The van der Waals surface area contributed by atoms with E-state index < -0.39 is 21.3 Å². The lowest BCUT2D eigenvalue weighted by atomic mass is 9.89. The maximum absolute atomic E-state index is 11.5. The monoisotopic (exact) mass is 220 g/mol. The van der Waals surface area contributed by atoms with Crippen molar-refractivity contribution in [1.82, 2.24) is 4.31 Å². The highest BCUT2D eigenvalue weighted by atomic mass is 32.2. The van der Waals surface area contributed by atoms with Gasteiger partial charge in [-0.1, -0.05) is 0 Å². The van der Waals surface area contributed by atoms with Crippen LogP contribution in [0.2, 0.25) is 0 Å². The number of primary amides is 1. The lowest BCUT2D eigenvalue weighted by Gasteiger charge is -2.20. The summed E-state index contributed by atoms with van der Waals surface area (Å²) in [6.45, 7) is 3.92. The number of hydrogen-bond donors (Lipinski definition) is 1. The normalized spacial score (nSPS) is 29.3. The molecule has 0 spiro atoms. The Morgan fingerprint density at radius 1 is 1.57 bits per heavy atom. The molecule has 1 aliphatic heterocycles. The average Bonchev–Trinajstić information content (AvgIpc) is 2.50. The number of carbonyl (C=O) groups is 1. The van der Waals surface area contributed by atoms with Crippen LogP contribution < -0.4 is 5.73 Å². The van der Waals surface area contributed by atoms with Crippen LogP contribution in [0.4, 0.5) is 0 Å². The van der Waals surface area contributed by atoms with Gasteiger partial charge in [0, 0.05) is 13.1 Å². The fraction of sp³-hybridized carbons (Fsp3) is 0.875. The molecule has 1 fully saturated rings. The highest BCUT2D eigenvalue weighted by Gasteiger charge is 2.42. The Labute approximate surface area is 84.3 Å². The molecule has 1 unspecified atom stereocenters. The maximum Gasteiger partial charge on any atom is 0.224 e. The van der Waals surface area contributed by atoms with E-state index in [2.05, 4.69) is 0 Å². The summed E-state index contributed by atoms with van der Waals surface area (Å²) in [6, 6.07) is 0. The Kier molecular flexibility index (Phi) is 2.87. The van der Waals surface area contributed by atoms with Gasteiger partial charge < -0.3 is 5.73 Å². The number of amides is 1. The van der Waals surface area contributed by atoms with Gasteiger partial charge in [-0.2, -0.15) is 0 Å². The molecule has 0 aromatic rings. The smallest absolute Gasteiger partial charge is 0.224 e. The summed E-state index contributed by atoms with van der Waals surface area (Å²) in [7, 11) is -3.18. The standard InChI is InChI=1S/C8H16N2O3S/c1-3-14(12,13)10-5-4-8(2,6-10)7(9)11/h3-6H2,1-2H3,(H2,9,11). The molecule has 1 heterocycles. The van der Waals surface area contributed by atoms with Crippen LogP contribution in [0.25, 0.3) is 0 Å². The van der Waals surface area contributed by atoms with Crippen LogP contribution in [0.3, 0.4) is 0 Å². The minimum absolute atomic E-state index is 0.0713. The number of nitrogens with zero attached hydrogens (tertiary/aromatic N) is 1. The number of rotatable bonds is 3. The molecular weight excluding hydrogens is 204 g/mol. The van der Waals surface area contributed by atoms with Gasteiger partial charge in [0.15, 0.2) is 0 Å². The van der Waals surface area contributed by atoms with Crippen molar-refractivity contribution in [2.24, 2.45) is 11.1 Å². The third-order valence-corrected chi connectivity index (χ3v) is 4.62. The maximum atomic E-state index is 11.5. The molecule has 1 rings (SSSR count). The lowest BCUT2D eigenvalue weighted by molar-refractivity contribution is -0.126. The second-order valence-electron chi connectivity index (χ2n) is 3.91. The molecule has 1 saturated heterocycles. The van der Waals surface area contributed by atoms with Gasteiger partial charge in [-0.3, -0.25) is 4.79 Å². The molecule has 0 radical (unpaired) electrons. The van der Waals surface area contributed by atoms with E-state index >= 15 is 0 Å². The van der Waals surface area contributed by atoms with Gasteiger partial charge in [0.2, 0.25) is 15.9 Å². The molecular formula is C8H16N2O3S. The molecule has 6 heteroatoms. The fourth-order valence-electron chi connectivity index (χ4n) is 1.54. The van der Waals surface area contributed by atoms with Crippen LogP contribution in [0, 0.1) is 5.41 Å². The zero-order chi connectivity index (χ0) is 11.0. The van der Waals surface area contributed by atoms with E-state index in [1.54, 1.807) is 13.8 Å². The second-order valence-corrected chi connectivity index (χ2v) is 6.17. The topological polar surface area (TPSA) is 80.5 Å². The van der Waals surface area contributed by atoms with E-state index in [9.17, 15) is 13.2 Å². The molecule has 0 aromatic carbocycles. The van der Waals surface area contributed by atoms with Crippen molar-refractivity contribution in [1.29, 1.82) is 0 Å². The van der Waals surface area contributed by atoms with E-state index in [1.807, 2.05) is 0 Å². The number of nitrogens with two attached hydrogens (primary N) is 1. The minimum Gasteiger partial charge on any atom is -0.369 e. The summed E-state index contributed by atoms with van der Waals surface area (Å²) in [6.07, 6.45) is 0.515. The SMILES string of the molecule is CCS(=O)(=O)N1CCC(C)(C(N)=O)C1. The van der Waals surface area contributed by atoms with E-state index in [4.69, 9.17) is 5.73 Å². The Morgan fingerprint density at radius 3 is 2.50 bits per heavy atom. The third kappa shape index (κ3) is 1.90. The first-order chi connectivity index (χ1) is 6.32. The van der Waals surface area contributed by atoms with Crippen molar-refractivity contribution in [3.05, 3.63) is 0 Å². The van der Waals surface area contributed by atoms with Crippen molar-refractivity contribution in [2.75, 3.05) is 18.8 Å². The van der Waals surface area contributed by atoms with Crippen molar-refractivity contribution >= 4 is 15.9 Å². The molecule has 2 N–H and O–H groups in total. The van der Waals surface area contributed by atoms with E-state index in [1.165, 1.54) is 4.31 Å². The predicted molar refractivity (Wildman–Crippen MR) is 53.0 cm³/mol. The summed E-state index contributed by atoms with van der Waals surface area (Å²) in [5.74, 6) is -0.353. The first-order valence-electron chi connectivity index (χ1n) is 4.59. The molecule has 82 valence electrons. The summed E-state index contributed by atoms with van der Waals surface area (Å²) in [4.78, 5) is 11.1. The van der Waals surface area contributed by atoms with Gasteiger partial charge in [-0.15, -0.1) is 0 Å². The van der Waals surface area contributed by atoms with Crippen LogP contribution in [-0.4, -0.2) is 37.5 Å². The molecule has 0 aromatic heterocycles. The molecule has 14 heavy (non-hydrogen) atoms. The number of hydrogen-bond acceptors (Lipinski definition) is 3. The zero-order valence-electron chi connectivity index (χ0n) is 8.49. The average molecular weight is 220 g/mol. The van der Waals surface area contributed by atoms with Gasteiger partial charge in [0.05, 0.1) is 11.2 Å². The lowest BCUT2D eigenvalue weighted by Crippen LogP contribution is -2.39. The van der Waals surface area contributed by atoms with Gasteiger partial charge in [0.1, 0.15) is 0 Å². The summed E-state index contributed by atoms with van der Waals surface area (Å²) < 4.78 is 24.3. The van der Waals surface area contributed by atoms with Crippen LogP contribution >= 0.6 is 0 Å². The number of sulfonamides is 1. The van der Waals surface area contributed by atoms with Crippen LogP contribution in [0.15, 0.2) is 0 Å². The quantitative estimate of drug-likeness (QED) is 0.698. The molecule has 1 aliphatic rings. The second kappa shape index (κ2) is 3.51. The Bertz CT molecular complexity index is 338. The predicted octanol–water partition coefficient (Wildman–Crippen LogP) is -0.467. The van der Waals surface area contributed by atoms with Crippen molar-refractivity contribution in [3.63, 3.8) is 0 Å². The van der Waals surface area contributed by atoms with Gasteiger partial charge in [0.25, 0.3) is 0 Å². The molecule has 1 amide bonds. The molecule has 0 aliphatic carbocycles. The first-order valence-corrected chi connectivity index (χ1v) is 6.20. The summed E-state index contributed by atoms with van der Waals surface area (Å²) in [5, 5.41) is 0. The highest BCUT2D eigenvalue weighted by molar-refractivity contribution is 7.89. The van der Waals surface area contributed by atoms with E-state index in [0.29, 0.717) is 13.0 Å². The van der Waals surface area contributed by atoms with Crippen LogP contribution in [0.5, 0.6) is 0 Å². The van der Waals surface area contributed by atoms with Crippen molar-refractivity contribution < 1.29 is 13.2 Å². The zero-order valence-corrected chi connectivity index (χ0v) is 9.30. The molecule has 0 bridgehead atoms. The minimum atomic E-state index is -3.18. The van der Waals surface area contributed by atoms with Crippen molar-refractivity contribution in [2.45, 2.75) is 20.3 Å². The van der Waals surface area contributed by atoms with Crippen molar-refractivity contribution in [3.8, 4) is 0 Å². The molecule has 0 saturated carbocycles. The fourth-order valence-corrected chi connectivity index (χ4v) is 2.76. The third-order valence-electron chi connectivity index (χ3n) is 2.79.